The molecule has 0 amide bonds. The van der Waals surface area contributed by atoms with E-state index in [2.05, 4.69) is 13.8 Å². The van der Waals surface area contributed by atoms with Crippen molar-refractivity contribution in [2.45, 2.75) is 39.7 Å². The number of rotatable bonds is 5. The van der Waals surface area contributed by atoms with Gasteiger partial charge >= 0.3 is 0 Å². The van der Waals surface area contributed by atoms with Gasteiger partial charge in [0.2, 0.25) is 0 Å². The average Bonchev–Trinajstić information content (AvgIpc) is 2.61. The van der Waals surface area contributed by atoms with Gasteiger partial charge in [0.25, 0.3) is 0 Å². The Bertz CT molecular complexity index is 598. The van der Waals surface area contributed by atoms with Crippen LogP contribution in [0.4, 0.5) is 0 Å². The van der Waals surface area contributed by atoms with Crippen LogP contribution >= 0.6 is 0 Å². The summed E-state index contributed by atoms with van der Waals surface area (Å²) in [5, 5.41) is 0.969. The highest BCUT2D eigenvalue weighted by Crippen LogP contribution is 2.28. The molecule has 2 aromatic rings. The molecule has 0 aliphatic carbocycles. The van der Waals surface area contributed by atoms with Gasteiger partial charge in [-0.3, -0.25) is 4.79 Å². The molecule has 1 atom stereocenters. The largest absolute Gasteiger partial charge is 0.491 e. The van der Waals surface area contributed by atoms with E-state index in [0.717, 1.165) is 47.0 Å². The van der Waals surface area contributed by atoms with Crippen LogP contribution in [-0.4, -0.2) is 17.0 Å². The fraction of sp³-hybridized carbons (Fsp3) is 0.438. The summed E-state index contributed by atoms with van der Waals surface area (Å²) in [6.07, 6.45) is 3.27. The van der Waals surface area contributed by atoms with Gasteiger partial charge in [-0.25, -0.2) is 0 Å². The standard InChI is InChI=1S/C16H21NO2/c1-5-6-11(2)19-13-7-8-16-14(9-13)15(10-18)12(3)17(16)4/h7-11H,5-6H2,1-4H3/t11-/m1/s1. The highest BCUT2D eigenvalue weighted by Gasteiger charge is 2.12. The fourth-order valence-corrected chi connectivity index (χ4v) is 2.50. The van der Waals surface area contributed by atoms with E-state index in [-0.39, 0.29) is 6.10 Å². The lowest BCUT2D eigenvalue weighted by Crippen LogP contribution is -2.10. The molecule has 3 nitrogen and oxygen atoms in total. The molecule has 1 heterocycles. The third-order valence-corrected chi connectivity index (χ3v) is 3.66. The molecule has 1 aromatic heterocycles. The Kier molecular flexibility index (Phi) is 3.93. The lowest BCUT2D eigenvalue weighted by molar-refractivity contribution is 0.112. The maximum atomic E-state index is 11.2. The summed E-state index contributed by atoms with van der Waals surface area (Å²) in [5.41, 5.74) is 2.81. The number of aryl methyl sites for hydroxylation is 1. The van der Waals surface area contributed by atoms with Gasteiger partial charge in [0, 0.05) is 29.2 Å². The van der Waals surface area contributed by atoms with Crippen molar-refractivity contribution in [3.8, 4) is 5.75 Å². The topological polar surface area (TPSA) is 31.2 Å². The molecule has 19 heavy (non-hydrogen) atoms. The molecular weight excluding hydrogens is 238 g/mol. The Balaban J connectivity index is 2.42. The van der Waals surface area contributed by atoms with Crippen molar-refractivity contribution in [3.05, 3.63) is 29.5 Å². The molecule has 2 rings (SSSR count). The molecule has 0 saturated heterocycles. The predicted octanol–water partition coefficient (Wildman–Crippen LogP) is 3.87. The lowest BCUT2D eigenvalue weighted by Gasteiger charge is -2.13. The monoisotopic (exact) mass is 259 g/mol. The summed E-state index contributed by atoms with van der Waals surface area (Å²) in [4.78, 5) is 11.2. The lowest BCUT2D eigenvalue weighted by atomic mass is 10.1. The zero-order valence-corrected chi connectivity index (χ0v) is 12.1. The Morgan fingerprint density at radius 1 is 1.42 bits per heavy atom. The first-order chi connectivity index (χ1) is 9.08. The molecule has 1 aromatic carbocycles. The van der Waals surface area contributed by atoms with Crippen LogP contribution in [0, 0.1) is 6.92 Å². The molecule has 0 aliphatic heterocycles. The van der Waals surface area contributed by atoms with Gasteiger partial charge < -0.3 is 9.30 Å². The van der Waals surface area contributed by atoms with Crippen LogP contribution in [0.5, 0.6) is 5.75 Å². The molecule has 0 fully saturated rings. The third-order valence-electron chi connectivity index (χ3n) is 3.66. The van der Waals surface area contributed by atoms with Crippen molar-refractivity contribution in [3.63, 3.8) is 0 Å². The van der Waals surface area contributed by atoms with Gasteiger partial charge in [-0.1, -0.05) is 13.3 Å². The van der Waals surface area contributed by atoms with Crippen molar-refractivity contribution < 1.29 is 9.53 Å². The van der Waals surface area contributed by atoms with Crippen molar-refractivity contribution in [1.29, 1.82) is 0 Å². The molecule has 0 saturated carbocycles. The van der Waals surface area contributed by atoms with Gasteiger partial charge in [-0.15, -0.1) is 0 Å². The van der Waals surface area contributed by atoms with E-state index in [4.69, 9.17) is 4.74 Å². The fourth-order valence-electron chi connectivity index (χ4n) is 2.50. The number of benzene rings is 1. The zero-order valence-electron chi connectivity index (χ0n) is 12.1. The molecule has 0 bridgehead atoms. The van der Waals surface area contributed by atoms with Crippen molar-refractivity contribution in [1.82, 2.24) is 4.57 Å². The first-order valence-electron chi connectivity index (χ1n) is 6.79. The van der Waals surface area contributed by atoms with Crippen LogP contribution in [0.2, 0.25) is 0 Å². The third kappa shape index (κ3) is 2.50. The second-order valence-corrected chi connectivity index (χ2v) is 5.07. The molecule has 0 aliphatic rings. The predicted molar refractivity (Wildman–Crippen MR) is 78.0 cm³/mol. The second-order valence-electron chi connectivity index (χ2n) is 5.07. The van der Waals surface area contributed by atoms with Gasteiger partial charge in [0.15, 0.2) is 6.29 Å². The summed E-state index contributed by atoms with van der Waals surface area (Å²) >= 11 is 0. The van der Waals surface area contributed by atoms with Crippen molar-refractivity contribution in [2.75, 3.05) is 0 Å². The van der Waals surface area contributed by atoms with E-state index in [1.165, 1.54) is 0 Å². The molecular formula is C16H21NO2. The van der Waals surface area contributed by atoms with Crippen molar-refractivity contribution >= 4 is 17.2 Å². The van der Waals surface area contributed by atoms with Crippen LogP contribution in [0.3, 0.4) is 0 Å². The average molecular weight is 259 g/mol. The summed E-state index contributed by atoms with van der Waals surface area (Å²) in [6, 6.07) is 5.96. The smallest absolute Gasteiger partial charge is 0.152 e. The van der Waals surface area contributed by atoms with Crippen molar-refractivity contribution in [2.24, 2.45) is 7.05 Å². The number of carbonyl (C=O) groups is 1. The first kappa shape index (κ1) is 13.7. The van der Waals surface area contributed by atoms with E-state index < -0.39 is 0 Å². The quantitative estimate of drug-likeness (QED) is 0.763. The number of hydrogen-bond acceptors (Lipinski definition) is 2. The molecule has 102 valence electrons. The van der Waals surface area contributed by atoms with Gasteiger partial charge in [0.05, 0.1) is 6.10 Å². The summed E-state index contributed by atoms with van der Waals surface area (Å²) in [6.45, 7) is 6.18. The maximum Gasteiger partial charge on any atom is 0.152 e. The molecule has 3 heteroatoms. The number of fused-ring (bicyclic) bond motifs is 1. The van der Waals surface area contributed by atoms with Crippen LogP contribution in [-0.2, 0) is 7.05 Å². The van der Waals surface area contributed by atoms with Crippen LogP contribution in [0.15, 0.2) is 18.2 Å². The Morgan fingerprint density at radius 2 is 2.16 bits per heavy atom. The second kappa shape index (κ2) is 5.47. The number of carbonyl (C=O) groups excluding carboxylic acids is 1. The molecule has 0 radical (unpaired) electrons. The number of hydrogen-bond donors (Lipinski definition) is 0. The van der Waals surface area contributed by atoms with E-state index in [9.17, 15) is 4.79 Å². The number of ether oxygens (including phenoxy) is 1. The summed E-state index contributed by atoms with van der Waals surface area (Å²) in [7, 11) is 1.98. The maximum absolute atomic E-state index is 11.2. The Labute approximate surface area is 114 Å². The van der Waals surface area contributed by atoms with Crippen LogP contribution in [0.25, 0.3) is 10.9 Å². The SMILES string of the molecule is CCC[C@@H](C)Oc1ccc2c(c1)c(C=O)c(C)n2C. The molecule has 0 spiro atoms. The van der Waals surface area contributed by atoms with Gasteiger partial charge in [-0.2, -0.15) is 0 Å². The first-order valence-corrected chi connectivity index (χ1v) is 6.79. The zero-order chi connectivity index (χ0) is 14.0. The highest BCUT2D eigenvalue weighted by molar-refractivity contribution is 5.99. The summed E-state index contributed by atoms with van der Waals surface area (Å²) < 4.78 is 7.93. The minimum Gasteiger partial charge on any atom is -0.491 e. The highest BCUT2D eigenvalue weighted by atomic mass is 16.5. The van der Waals surface area contributed by atoms with Gasteiger partial charge in [0.1, 0.15) is 5.75 Å². The van der Waals surface area contributed by atoms with E-state index >= 15 is 0 Å². The number of aldehydes is 1. The van der Waals surface area contributed by atoms with E-state index in [1.54, 1.807) is 0 Å². The number of aromatic nitrogens is 1. The minimum atomic E-state index is 0.201. The molecule has 0 N–H and O–H groups in total. The van der Waals surface area contributed by atoms with E-state index in [1.807, 2.05) is 36.7 Å². The molecule has 0 unspecified atom stereocenters. The van der Waals surface area contributed by atoms with Crippen LogP contribution < -0.4 is 4.74 Å². The Hall–Kier alpha value is -1.77. The number of nitrogens with zero attached hydrogens (tertiary/aromatic N) is 1. The van der Waals surface area contributed by atoms with E-state index in [0.29, 0.717) is 0 Å². The Morgan fingerprint density at radius 3 is 2.79 bits per heavy atom. The normalized spacial score (nSPS) is 12.6. The van der Waals surface area contributed by atoms with Gasteiger partial charge in [-0.05, 0) is 38.5 Å². The summed E-state index contributed by atoms with van der Waals surface area (Å²) in [5.74, 6) is 0.835. The minimum absolute atomic E-state index is 0.201. The van der Waals surface area contributed by atoms with Crippen LogP contribution in [0.1, 0.15) is 42.7 Å².